The molecule has 1 aromatic heterocycles. The standard InChI is InChI=1S/C26H27ClFN5O4/c1-16(2)37-22-11-10-20(13-21(22)28)30-24-31-25(34)33(15-18-5-4-12-29-23(18)36-3)26(35)32(24)14-17-6-8-19(27)9-7-17/h4-13,16,23,29H,14-15H2,1-3H3,(H,30,31,34). The van der Waals surface area contributed by atoms with Crippen molar-refractivity contribution < 1.29 is 13.9 Å². The molecule has 0 saturated carbocycles. The summed E-state index contributed by atoms with van der Waals surface area (Å²) in [7, 11) is 1.52. The molecule has 2 N–H and O–H groups in total. The number of rotatable bonds is 8. The highest BCUT2D eigenvalue weighted by atomic mass is 35.5. The zero-order valence-corrected chi connectivity index (χ0v) is 21.3. The van der Waals surface area contributed by atoms with Gasteiger partial charge < -0.3 is 14.8 Å². The van der Waals surface area contributed by atoms with Crippen LogP contribution in [0.3, 0.4) is 0 Å². The van der Waals surface area contributed by atoms with Gasteiger partial charge in [0.2, 0.25) is 5.62 Å². The van der Waals surface area contributed by atoms with Crippen LogP contribution in [0.5, 0.6) is 5.75 Å². The number of nitrogens with zero attached hydrogens (tertiary/aromatic N) is 3. The Bertz CT molecular complexity index is 1520. The number of methoxy groups -OCH3 is 1. The van der Waals surface area contributed by atoms with Crippen molar-refractivity contribution in [2.24, 2.45) is 4.99 Å². The van der Waals surface area contributed by atoms with Gasteiger partial charge in [-0.1, -0.05) is 29.8 Å². The van der Waals surface area contributed by atoms with Gasteiger partial charge in [-0.25, -0.2) is 23.5 Å². The molecule has 0 amide bonds. The van der Waals surface area contributed by atoms with Gasteiger partial charge in [0.1, 0.15) is 0 Å². The largest absolute Gasteiger partial charge is 0.488 e. The summed E-state index contributed by atoms with van der Waals surface area (Å²) in [5.41, 5.74) is 0.351. The van der Waals surface area contributed by atoms with Gasteiger partial charge in [0.15, 0.2) is 17.8 Å². The van der Waals surface area contributed by atoms with Crippen LogP contribution in [-0.4, -0.2) is 33.6 Å². The van der Waals surface area contributed by atoms with Gasteiger partial charge in [-0.15, -0.1) is 0 Å². The van der Waals surface area contributed by atoms with Crippen LogP contribution in [0.2, 0.25) is 5.02 Å². The fraction of sp³-hybridized carbons (Fsp3) is 0.269. The van der Waals surface area contributed by atoms with E-state index in [1.807, 2.05) is 0 Å². The van der Waals surface area contributed by atoms with Crippen molar-refractivity contribution in [2.45, 2.75) is 39.3 Å². The molecule has 2 heterocycles. The summed E-state index contributed by atoms with van der Waals surface area (Å²) in [6.45, 7) is 3.66. The SMILES string of the molecule is COC1NC=CC=C1Cn1c(=O)[nH]/c(=N\c2ccc(OC(C)C)c(F)c2)n(Cc2ccc(Cl)cc2)c1=O. The van der Waals surface area contributed by atoms with E-state index in [9.17, 15) is 14.0 Å². The second-order valence-electron chi connectivity index (χ2n) is 8.61. The maximum absolute atomic E-state index is 14.6. The van der Waals surface area contributed by atoms with Crippen LogP contribution in [0.1, 0.15) is 19.4 Å². The summed E-state index contributed by atoms with van der Waals surface area (Å²) in [5, 5.41) is 3.57. The number of aromatic nitrogens is 3. The van der Waals surface area contributed by atoms with Gasteiger partial charge in [-0.3, -0.25) is 9.55 Å². The number of allylic oxidation sites excluding steroid dienone is 2. The molecule has 1 aliphatic rings. The predicted molar refractivity (Wildman–Crippen MR) is 138 cm³/mol. The molecule has 9 nitrogen and oxygen atoms in total. The van der Waals surface area contributed by atoms with Gasteiger partial charge in [0, 0.05) is 18.2 Å². The number of H-pyrrole nitrogens is 1. The zero-order chi connectivity index (χ0) is 26.5. The molecule has 1 unspecified atom stereocenters. The molecule has 2 aromatic carbocycles. The Morgan fingerprint density at radius 3 is 2.54 bits per heavy atom. The van der Waals surface area contributed by atoms with Crippen molar-refractivity contribution in [3.63, 3.8) is 0 Å². The minimum absolute atomic E-state index is 0.0131. The van der Waals surface area contributed by atoms with Crippen molar-refractivity contribution in [2.75, 3.05) is 7.11 Å². The molecule has 37 heavy (non-hydrogen) atoms. The lowest BCUT2D eigenvalue weighted by atomic mass is 10.1. The number of ether oxygens (including phenoxy) is 2. The van der Waals surface area contributed by atoms with Crippen molar-refractivity contribution >= 4 is 17.3 Å². The molecule has 3 aromatic rings. The first-order valence-corrected chi connectivity index (χ1v) is 12.0. The molecule has 0 fully saturated rings. The molecule has 0 aliphatic carbocycles. The van der Waals surface area contributed by atoms with Crippen molar-refractivity contribution in [1.82, 2.24) is 19.4 Å². The van der Waals surface area contributed by atoms with Crippen LogP contribution in [0.4, 0.5) is 10.1 Å². The second-order valence-corrected chi connectivity index (χ2v) is 9.05. The Balaban J connectivity index is 1.83. The van der Waals surface area contributed by atoms with Gasteiger partial charge in [-0.05, 0) is 61.5 Å². The minimum atomic E-state index is -0.665. The first-order chi connectivity index (χ1) is 17.7. The summed E-state index contributed by atoms with van der Waals surface area (Å²) < 4.78 is 27.8. The lowest BCUT2D eigenvalue weighted by molar-refractivity contribution is 0.109. The third-order valence-electron chi connectivity index (χ3n) is 5.52. The van der Waals surface area contributed by atoms with Crippen molar-refractivity contribution in [1.29, 1.82) is 0 Å². The third kappa shape index (κ3) is 6.28. The number of halogens is 2. The van der Waals surface area contributed by atoms with E-state index in [1.165, 1.54) is 23.8 Å². The minimum Gasteiger partial charge on any atom is -0.488 e. The molecule has 1 atom stereocenters. The first-order valence-electron chi connectivity index (χ1n) is 11.6. The summed E-state index contributed by atoms with van der Waals surface area (Å²) in [5.74, 6) is -0.520. The van der Waals surface area contributed by atoms with Crippen LogP contribution >= 0.6 is 11.6 Å². The average molecular weight is 528 g/mol. The number of nitrogens with one attached hydrogen (secondary N) is 2. The zero-order valence-electron chi connectivity index (χ0n) is 20.6. The molecular weight excluding hydrogens is 501 g/mol. The van der Waals surface area contributed by atoms with E-state index in [1.54, 1.807) is 62.5 Å². The van der Waals surface area contributed by atoms with Crippen LogP contribution in [0, 0.1) is 5.82 Å². The summed E-state index contributed by atoms with van der Waals surface area (Å²) in [6.07, 6.45) is 4.56. The molecule has 0 saturated heterocycles. The Morgan fingerprint density at radius 1 is 1.11 bits per heavy atom. The van der Waals surface area contributed by atoms with E-state index in [0.717, 1.165) is 10.1 Å². The monoisotopic (exact) mass is 527 g/mol. The second kappa shape index (κ2) is 11.4. The summed E-state index contributed by atoms with van der Waals surface area (Å²) in [6, 6.07) is 11.1. The quantitative estimate of drug-likeness (QED) is 0.468. The van der Waals surface area contributed by atoms with Crippen molar-refractivity contribution in [3.8, 4) is 5.75 Å². The van der Waals surface area contributed by atoms with E-state index >= 15 is 0 Å². The molecule has 4 rings (SSSR count). The lowest BCUT2D eigenvalue weighted by Gasteiger charge is -2.22. The lowest BCUT2D eigenvalue weighted by Crippen LogP contribution is -2.51. The van der Waals surface area contributed by atoms with E-state index in [-0.39, 0.29) is 36.2 Å². The normalized spacial score (nSPS) is 15.6. The molecule has 194 valence electrons. The Hall–Kier alpha value is -3.89. The third-order valence-corrected chi connectivity index (χ3v) is 5.77. The van der Waals surface area contributed by atoms with E-state index < -0.39 is 23.4 Å². The molecule has 0 spiro atoms. The number of hydrogen-bond acceptors (Lipinski definition) is 6. The van der Waals surface area contributed by atoms with Crippen LogP contribution in [0.25, 0.3) is 0 Å². The van der Waals surface area contributed by atoms with Gasteiger partial charge in [0.05, 0.1) is 24.9 Å². The average Bonchev–Trinajstić information content (AvgIpc) is 2.87. The van der Waals surface area contributed by atoms with Crippen LogP contribution in [-0.2, 0) is 17.8 Å². The molecule has 1 aliphatic heterocycles. The highest BCUT2D eigenvalue weighted by molar-refractivity contribution is 6.30. The Morgan fingerprint density at radius 2 is 1.86 bits per heavy atom. The smallest absolute Gasteiger partial charge is 0.335 e. The maximum Gasteiger partial charge on any atom is 0.335 e. The van der Waals surface area contributed by atoms with Crippen molar-refractivity contribution in [3.05, 3.63) is 109 Å². The van der Waals surface area contributed by atoms with Crippen LogP contribution in [0.15, 0.2) is 81.0 Å². The fourth-order valence-corrected chi connectivity index (χ4v) is 3.90. The van der Waals surface area contributed by atoms with Gasteiger partial charge in [0.25, 0.3) is 0 Å². The van der Waals surface area contributed by atoms with Crippen LogP contribution < -0.4 is 27.1 Å². The summed E-state index contributed by atoms with van der Waals surface area (Å²) in [4.78, 5) is 33.7. The fourth-order valence-electron chi connectivity index (χ4n) is 3.77. The molecular formula is C26H27ClFN5O4. The predicted octanol–water partition coefficient (Wildman–Crippen LogP) is 3.21. The van der Waals surface area contributed by atoms with E-state index in [0.29, 0.717) is 10.6 Å². The Labute approximate surface area is 217 Å². The van der Waals surface area contributed by atoms with E-state index in [2.05, 4.69) is 15.3 Å². The topological polar surface area (TPSA) is 103 Å². The van der Waals surface area contributed by atoms with Gasteiger partial charge in [-0.2, -0.15) is 0 Å². The first kappa shape index (κ1) is 26.2. The summed E-state index contributed by atoms with van der Waals surface area (Å²) >= 11 is 6.01. The number of aromatic amines is 1. The highest BCUT2D eigenvalue weighted by Crippen LogP contribution is 2.23. The highest BCUT2D eigenvalue weighted by Gasteiger charge is 2.18. The maximum atomic E-state index is 14.6. The Kier molecular flexibility index (Phi) is 8.10. The number of benzene rings is 2. The number of dihydropyridines is 1. The number of hydrogen-bond donors (Lipinski definition) is 2. The molecule has 0 radical (unpaired) electrons. The van der Waals surface area contributed by atoms with E-state index in [4.69, 9.17) is 21.1 Å². The van der Waals surface area contributed by atoms with Gasteiger partial charge >= 0.3 is 11.4 Å². The molecule has 0 bridgehead atoms. The molecule has 11 heteroatoms.